The van der Waals surface area contributed by atoms with Crippen molar-refractivity contribution in [2.75, 3.05) is 13.2 Å². The van der Waals surface area contributed by atoms with Gasteiger partial charge in [-0.1, -0.05) is 30.7 Å². The first kappa shape index (κ1) is 16.5. The summed E-state index contributed by atoms with van der Waals surface area (Å²) in [6, 6.07) is 7.41. The molecule has 0 heterocycles. The first-order valence-corrected chi connectivity index (χ1v) is 6.70. The zero-order valence-corrected chi connectivity index (χ0v) is 12.7. The molecule has 110 valence electrons. The number of benzene rings is 1. The van der Waals surface area contributed by atoms with E-state index in [9.17, 15) is 9.59 Å². The lowest BCUT2D eigenvalue weighted by atomic mass is 9.85. The lowest BCUT2D eigenvalue weighted by Crippen LogP contribution is -2.33. The van der Waals surface area contributed by atoms with Crippen LogP contribution in [0.1, 0.15) is 26.3 Å². The van der Waals surface area contributed by atoms with Gasteiger partial charge in [0.2, 0.25) is 0 Å². The first-order chi connectivity index (χ1) is 9.31. The lowest BCUT2D eigenvalue weighted by molar-refractivity contribution is -0.150. The summed E-state index contributed by atoms with van der Waals surface area (Å²) >= 11 is 5.85. The molecular formula is C15H19ClO4. The molecule has 20 heavy (non-hydrogen) atoms. The van der Waals surface area contributed by atoms with Crippen LogP contribution in [-0.4, -0.2) is 25.2 Å². The largest absolute Gasteiger partial charge is 0.465 e. The summed E-state index contributed by atoms with van der Waals surface area (Å²) in [6.45, 7) is 5.01. The van der Waals surface area contributed by atoms with Crippen LogP contribution in [0.15, 0.2) is 24.3 Å². The minimum absolute atomic E-state index is 0.193. The zero-order valence-electron chi connectivity index (χ0n) is 11.9. The Kier molecular flexibility index (Phi) is 6.02. The maximum atomic E-state index is 11.0. The standard InChI is InChI=1S/C15H19ClO4/c1-11(17)19-9-15(3,10-20-12(2)18)8-13-4-6-14(16)7-5-13/h4-7H,8-10H2,1-3H3. The van der Waals surface area contributed by atoms with E-state index < -0.39 is 5.41 Å². The fourth-order valence-electron chi connectivity index (χ4n) is 1.79. The highest BCUT2D eigenvalue weighted by atomic mass is 35.5. The van der Waals surface area contributed by atoms with Gasteiger partial charge < -0.3 is 9.47 Å². The normalized spacial score (nSPS) is 11.0. The van der Waals surface area contributed by atoms with E-state index in [1.54, 1.807) is 12.1 Å². The molecule has 0 saturated heterocycles. The average Bonchev–Trinajstić information content (AvgIpc) is 2.37. The van der Waals surface area contributed by atoms with Crippen LogP contribution in [0.3, 0.4) is 0 Å². The highest BCUT2D eigenvalue weighted by Gasteiger charge is 2.28. The summed E-state index contributed by atoms with van der Waals surface area (Å²) in [6.07, 6.45) is 0.616. The second kappa shape index (κ2) is 7.29. The Morgan fingerprint density at radius 3 is 1.90 bits per heavy atom. The third-order valence-corrected chi connectivity index (χ3v) is 3.04. The van der Waals surface area contributed by atoms with Gasteiger partial charge in [0.15, 0.2) is 0 Å². The fourth-order valence-corrected chi connectivity index (χ4v) is 1.92. The molecule has 0 aliphatic heterocycles. The van der Waals surface area contributed by atoms with E-state index in [4.69, 9.17) is 21.1 Å². The Balaban J connectivity index is 2.76. The highest BCUT2D eigenvalue weighted by Crippen LogP contribution is 2.25. The van der Waals surface area contributed by atoms with Crippen molar-refractivity contribution >= 4 is 23.5 Å². The van der Waals surface area contributed by atoms with Crippen molar-refractivity contribution in [3.05, 3.63) is 34.9 Å². The summed E-state index contributed by atoms with van der Waals surface area (Å²) in [7, 11) is 0. The van der Waals surface area contributed by atoms with Gasteiger partial charge in [0, 0.05) is 24.3 Å². The second-order valence-electron chi connectivity index (χ2n) is 5.17. The molecule has 0 bridgehead atoms. The Morgan fingerprint density at radius 2 is 1.50 bits per heavy atom. The van der Waals surface area contributed by atoms with Crippen molar-refractivity contribution < 1.29 is 19.1 Å². The van der Waals surface area contributed by atoms with Gasteiger partial charge in [-0.15, -0.1) is 0 Å². The average molecular weight is 299 g/mol. The number of hydrogen-bond donors (Lipinski definition) is 0. The van der Waals surface area contributed by atoms with Gasteiger partial charge in [-0.25, -0.2) is 0 Å². The smallest absolute Gasteiger partial charge is 0.302 e. The molecule has 0 aliphatic rings. The van der Waals surface area contributed by atoms with Crippen LogP contribution < -0.4 is 0 Å². The number of hydrogen-bond acceptors (Lipinski definition) is 4. The molecule has 0 amide bonds. The molecule has 0 N–H and O–H groups in total. The fraction of sp³-hybridized carbons (Fsp3) is 0.467. The van der Waals surface area contributed by atoms with Gasteiger partial charge in [-0.3, -0.25) is 9.59 Å². The van der Waals surface area contributed by atoms with Crippen molar-refractivity contribution in [2.24, 2.45) is 5.41 Å². The monoisotopic (exact) mass is 298 g/mol. The summed E-state index contributed by atoms with van der Waals surface area (Å²) < 4.78 is 10.2. The van der Waals surface area contributed by atoms with Crippen molar-refractivity contribution in [1.29, 1.82) is 0 Å². The number of halogens is 1. The molecule has 0 radical (unpaired) electrons. The van der Waals surface area contributed by atoms with E-state index in [0.717, 1.165) is 5.56 Å². The highest BCUT2D eigenvalue weighted by molar-refractivity contribution is 6.30. The Labute approximate surface area is 124 Å². The van der Waals surface area contributed by atoms with E-state index in [1.165, 1.54) is 13.8 Å². The molecule has 5 heteroatoms. The molecule has 0 aliphatic carbocycles. The summed E-state index contributed by atoms with van der Waals surface area (Å²) in [5.41, 5.74) is 0.571. The van der Waals surface area contributed by atoms with Crippen LogP contribution in [0, 0.1) is 5.41 Å². The van der Waals surface area contributed by atoms with Crippen molar-refractivity contribution in [3.8, 4) is 0 Å². The SMILES string of the molecule is CC(=O)OCC(C)(COC(C)=O)Cc1ccc(Cl)cc1. The molecule has 4 nitrogen and oxygen atoms in total. The predicted octanol–water partition coefficient (Wildman–Crippen LogP) is 3.02. The molecule has 0 aromatic heterocycles. The zero-order chi connectivity index (χ0) is 15.2. The van der Waals surface area contributed by atoms with Gasteiger partial charge in [0.1, 0.15) is 13.2 Å². The third-order valence-electron chi connectivity index (χ3n) is 2.79. The summed E-state index contributed by atoms with van der Waals surface area (Å²) in [5, 5.41) is 0.662. The first-order valence-electron chi connectivity index (χ1n) is 6.32. The van der Waals surface area contributed by atoms with Crippen LogP contribution in [0.25, 0.3) is 0 Å². The van der Waals surface area contributed by atoms with E-state index in [-0.39, 0.29) is 25.2 Å². The van der Waals surface area contributed by atoms with Gasteiger partial charge in [-0.2, -0.15) is 0 Å². The van der Waals surface area contributed by atoms with E-state index in [1.807, 2.05) is 19.1 Å². The number of esters is 2. The van der Waals surface area contributed by atoms with Gasteiger partial charge in [0.25, 0.3) is 0 Å². The lowest BCUT2D eigenvalue weighted by Gasteiger charge is -2.28. The van der Waals surface area contributed by atoms with Gasteiger partial charge >= 0.3 is 11.9 Å². The molecular weight excluding hydrogens is 280 g/mol. The molecule has 1 aromatic carbocycles. The van der Waals surface area contributed by atoms with E-state index >= 15 is 0 Å². The maximum Gasteiger partial charge on any atom is 0.302 e. The molecule has 0 atom stereocenters. The number of ether oxygens (including phenoxy) is 2. The molecule has 1 rings (SSSR count). The molecule has 0 unspecified atom stereocenters. The predicted molar refractivity (Wildman–Crippen MR) is 76.5 cm³/mol. The Morgan fingerprint density at radius 1 is 1.05 bits per heavy atom. The van der Waals surface area contributed by atoms with Crippen LogP contribution in [0.4, 0.5) is 0 Å². The quantitative estimate of drug-likeness (QED) is 0.758. The molecule has 0 spiro atoms. The summed E-state index contributed by atoms with van der Waals surface area (Å²) in [5.74, 6) is -0.703. The number of rotatable bonds is 6. The van der Waals surface area contributed by atoms with Crippen molar-refractivity contribution in [1.82, 2.24) is 0 Å². The minimum atomic E-state index is -0.467. The molecule has 0 saturated carbocycles. The van der Waals surface area contributed by atoms with Crippen molar-refractivity contribution in [3.63, 3.8) is 0 Å². The van der Waals surface area contributed by atoms with Crippen LogP contribution in [0.2, 0.25) is 5.02 Å². The van der Waals surface area contributed by atoms with Crippen LogP contribution in [0.5, 0.6) is 0 Å². The molecule has 0 fully saturated rings. The third kappa shape index (κ3) is 6.06. The van der Waals surface area contributed by atoms with E-state index in [2.05, 4.69) is 0 Å². The molecule has 1 aromatic rings. The van der Waals surface area contributed by atoms with Crippen LogP contribution >= 0.6 is 11.6 Å². The topological polar surface area (TPSA) is 52.6 Å². The number of carbonyl (C=O) groups is 2. The Hall–Kier alpha value is -1.55. The number of carbonyl (C=O) groups excluding carboxylic acids is 2. The minimum Gasteiger partial charge on any atom is -0.465 e. The summed E-state index contributed by atoms with van der Waals surface area (Å²) in [4.78, 5) is 22.0. The van der Waals surface area contributed by atoms with Gasteiger partial charge in [-0.05, 0) is 24.1 Å². The maximum absolute atomic E-state index is 11.0. The van der Waals surface area contributed by atoms with Crippen LogP contribution in [-0.2, 0) is 25.5 Å². The van der Waals surface area contributed by atoms with Gasteiger partial charge in [0.05, 0.1) is 0 Å². The Bertz CT molecular complexity index is 449. The second-order valence-corrected chi connectivity index (χ2v) is 5.61. The van der Waals surface area contributed by atoms with Crippen molar-refractivity contribution in [2.45, 2.75) is 27.2 Å². The van der Waals surface area contributed by atoms with E-state index in [0.29, 0.717) is 11.4 Å².